The molecule has 0 aromatic heterocycles. The molecule has 41 heavy (non-hydrogen) atoms. The van der Waals surface area contributed by atoms with Crippen LogP contribution in [0.15, 0.2) is 22.5 Å². The van der Waals surface area contributed by atoms with Crippen molar-refractivity contribution in [1.29, 1.82) is 0 Å². The third-order valence-corrected chi connectivity index (χ3v) is 9.21. The number of piperazine rings is 1. The van der Waals surface area contributed by atoms with E-state index in [0.717, 1.165) is 0 Å². The highest BCUT2D eigenvalue weighted by Crippen LogP contribution is 2.58. The smallest absolute Gasteiger partial charge is 0.236 e. The van der Waals surface area contributed by atoms with Crippen LogP contribution in [0.4, 0.5) is 0 Å². The molecule has 3 heterocycles. The number of nitrogens with zero attached hydrogens (tertiary/aromatic N) is 2. The van der Waals surface area contributed by atoms with Crippen molar-refractivity contribution in [3.05, 3.63) is 39.2 Å². The van der Waals surface area contributed by atoms with Crippen molar-refractivity contribution in [3.8, 4) is 17.2 Å². The van der Waals surface area contributed by atoms with E-state index in [1.807, 2.05) is 7.05 Å². The molecule has 0 radical (unpaired) electrons. The number of carbonyl (C=O) groups excluding carboxylic acids is 3. The Balaban J connectivity index is 1.72. The van der Waals surface area contributed by atoms with Gasteiger partial charge in [-0.15, -0.1) is 0 Å². The highest BCUT2D eigenvalue weighted by Gasteiger charge is 2.57. The van der Waals surface area contributed by atoms with Crippen molar-refractivity contribution in [2.24, 2.45) is 5.73 Å². The molecule has 4 aliphatic rings. The van der Waals surface area contributed by atoms with Crippen molar-refractivity contribution < 1.29 is 38.8 Å². The Labute approximate surface area is 238 Å². The summed E-state index contributed by atoms with van der Waals surface area (Å²) in [6, 6.07) is -2.66. The summed E-state index contributed by atoms with van der Waals surface area (Å²) in [5.41, 5.74) is 8.03. The number of nitrogens with one attached hydrogen (secondary N) is 1. The average molecular weight is 571 g/mol. The molecule has 1 amide bonds. The minimum absolute atomic E-state index is 0.00654. The zero-order valence-corrected chi connectivity index (χ0v) is 24.4. The van der Waals surface area contributed by atoms with Crippen LogP contribution in [-0.4, -0.2) is 103 Å². The molecule has 1 aromatic carbocycles. The lowest BCUT2D eigenvalue weighted by Gasteiger charge is -2.59. The lowest BCUT2D eigenvalue weighted by molar-refractivity contribution is -0.126. The van der Waals surface area contributed by atoms with Crippen LogP contribution in [0.5, 0.6) is 17.2 Å². The van der Waals surface area contributed by atoms with Gasteiger partial charge in [-0.25, -0.2) is 0 Å². The number of amides is 1. The van der Waals surface area contributed by atoms with Gasteiger partial charge in [0.15, 0.2) is 23.0 Å². The number of Topliss-reactive ketones (excluding diaryl/α,β-unsaturated/α-hetero) is 2. The fraction of sp³-hybridized carbons (Fsp3) is 0.552. The molecule has 6 atom stereocenters. The maximum atomic E-state index is 13.8. The first-order chi connectivity index (χ1) is 19.4. The van der Waals surface area contributed by atoms with Crippen LogP contribution in [0, 0.1) is 6.92 Å². The second-order valence-electron chi connectivity index (χ2n) is 11.2. The van der Waals surface area contributed by atoms with E-state index in [2.05, 4.69) is 15.1 Å². The van der Waals surface area contributed by atoms with Crippen LogP contribution in [0.3, 0.4) is 0 Å². The molecule has 222 valence electrons. The van der Waals surface area contributed by atoms with Crippen molar-refractivity contribution in [2.75, 3.05) is 41.5 Å². The van der Waals surface area contributed by atoms with Crippen molar-refractivity contribution in [2.45, 2.75) is 63.5 Å². The number of ether oxygens (including phenoxy) is 3. The second kappa shape index (κ2) is 10.4. The molecule has 3 aliphatic heterocycles. The van der Waals surface area contributed by atoms with E-state index in [4.69, 9.17) is 19.9 Å². The molecule has 1 saturated heterocycles. The van der Waals surface area contributed by atoms with Crippen LogP contribution in [-0.2, 0) is 23.9 Å². The molecular formula is C29H38N4O8. The number of ketones is 2. The minimum atomic E-state index is -0.768. The fourth-order valence-corrected chi connectivity index (χ4v) is 7.24. The molecule has 5 N–H and O–H groups in total. The van der Waals surface area contributed by atoms with Crippen molar-refractivity contribution >= 4 is 17.5 Å². The number of hydrogen-bond acceptors (Lipinski definition) is 11. The number of carbonyl (C=O) groups is 3. The summed E-state index contributed by atoms with van der Waals surface area (Å²) in [4.78, 5) is 44.2. The molecule has 1 aliphatic carbocycles. The summed E-state index contributed by atoms with van der Waals surface area (Å²) in [6.45, 7) is 5.24. The number of benzene rings is 1. The maximum Gasteiger partial charge on any atom is 0.236 e. The topological polar surface area (TPSA) is 164 Å². The standard InChI is InChI=1S/C29H38N4O8/c1-11-22(34)14-8-15-21-19-20(23(35)12(2)27(40-6)25(19)37)28(41-7)17(32(21)4)10-33(15)16(9-31-29(38)13(3)30)18(14)24(36)26(11)39-5/h13,15-17,21,28,35,37H,8-10,30H2,1-7H3,(H,31,38)/t13-,15-,16-,17+,21-,28+/m0/s1. The summed E-state index contributed by atoms with van der Waals surface area (Å²) >= 11 is 0. The molecule has 12 heteroatoms. The molecule has 0 saturated carbocycles. The van der Waals surface area contributed by atoms with Gasteiger partial charge in [-0.1, -0.05) is 0 Å². The van der Waals surface area contributed by atoms with Gasteiger partial charge < -0.3 is 35.5 Å². The van der Waals surface area contributed by atoms with E-state index in [1.165, 1.54) is 14.2 Å². The summed E-state index contributed by atoms with van der Waals surface area (Å²) < 4.78 is 16.8. The lowest BCUT2D eigenvalue weighted by Crippen LogP contribution is -2.68. The third-order valence-electron chi connectivity index (χ3n) is 9.21. The highest BCUT2D eigenvalue weighted by molar-refractivity contribution is 6.25. The van der Waals surface area contributed by atoms with Gasteiger partial charge >= 0.3 is 0 Å². The average Bonchev–Trinajstić information content (AvgIpc) is 2.93. The van der Waals surface area contributed by atoms with Gasteiger partial charge in [0.1, 0.15) is 11.9 Å². The van der Waals surface area contributed by atoms with Crippen LogP contribution in [0.25, 0.3) is 0 Å². The molecule has 0 unspecified atom stereocenters. The van der Waals surface area contributed by atoms with E-state index < -0.39 is 30.3 Å². The Hall–Kier alpha value is -3.45. The first-order valence-electron chi connectivity index (χ1n) is 13.6. The number of hydrogen-bond donors (Lipinski definition) is 4. The van der Waals surface area contributed by atoms with Crippen LogP contribution in [0.2, 0.25) is 0 Å². The summed E-state index contributed by atoms with van der Waals surface area (Å²) in [7, 11) is 6.25. The Bertz CT molecular complexity index is 1400. The van der Waals surface area contributed by atoms with E-state index >= 15 is 0 Å². The Morgan fingerprint density at radius 3 is 2.34 bits per heavy atom. The minimum Gasteiger partial charge on any atom is -0.507 e. The first kappa shape index (κ1) is 29.1. The number of phenolic OH excluding ortho intramolecular Hbond substituents is 2. The highest BCUT2D eigenvalue weighted by atomic mass is 16.5. The number of methoxy groups -OCH3 is 3. The van der Waals surface area contributed by atoms with Gasteiger partial charge in [0.05, 0.1) is 38.4 Å². The third kappa shape index (κ3) is 4.07. The molecule has 5 rings (SSSR count). The zero-order chi connectivity index (χ0) is 30.1. The Kier molecular flexibility index (Phi) is 7.39. The van der Waals surface area contributed by atoms with E-state index in [-0.39, 0.29) is 65.1 Å². The van der Waals surface area contributed by atoms with Crippen molar-refractivity contribution in [3.63, 3.8) is 0 Å². The molecule has 2 bridgehead atoms. The van der Waals surface area contributed by atoms with Gasteiger partial charge in [-0.05, 0) is 34.2 Å². The Morgan fingerprint density at radius 1 is 1.07 bits per heavy atom. The predicted octanol–water partition coefficient (Wildman–Crippen LogP) is 0.746. The molecule has 0 spiro atoms. The van der Waals surface area contributed by atoms with Crippen molar-refractivity contribution in [1.82, 2.24) is 15.1 Å². The fourth-order valence-electron chi connectivity index (χ4n) is 7.24. The Morgan fingerprint density at radius 2 is 1.76 bits per heavy atom. The number of nitrogens with two attached hydrogens (primary N) is 1. The first-order valence-corrected chi connectivity index (χ1v) is 13.6. The maximum absolute atomic E-state index is 13.8. The molecular weight excluding hydrogens is 532 g/mol. The lowest BCUT2D eigenvalue weighted by atomic mass is 9.70. The molecule has 1 aromatic rings. The van der Waals surface area contributed by atoms with Gasteiger partial charge in [-0.2, -0.15) is 0 Å². The van der Waals surface area contributed by atoms with E-state index in [0.29, 0.717) is 34.4 Å². The number of aromatic hydroxyl groups is 2. The number of phenols is 2. The summed E-state index contributed by atoms with van der Waals surface area (Å²) in [5, 5.41) is 25.7. The number of fused-ring (bicyclic) bond motifs is 6. The largest absolute Gasteiger partial charge is 0.507 e. The molecule has 1 fully saturated rings. The number of allylic oxidation sites excluding steroid dienone is 2. The number of likely N-dealkylation sites (N-methyl/N-ethyl adjacent to an activating group) is 1. The van der Waals surface area contributed by atoms with Crippen LogP contribution in [0.1, 0.15) is 49.1 Å². The number of rotatable bonds is 6. The van der Waals surface area contributed by atoms with E-state index in [9.17, 15) is 24.6 Å². The van der Waals surface area contributed by atoms with Gasteiger partial charge in [0.2, 0.25) is 11.7 Å². The normalized spacial score (nSPS) is 28.6. The van der Waals surface area contributed by atoms with Gasteiger partial charge in [0.25, 0.3) is 0 Å². The SMILES string of the molecule is COC1=C(C)C(=O)C2=C(C1=O)[C@H](CNC(=O)[C@H](C)N)N1C[C@@H]3[C@@H](OC)c4c(O)c(C)c(OC)c(O)c4[C@H]([C@@H]1C2)N3C. The van der Waals surface area contributed by atoms with Crippen LogP contribution >= 0.6 is 0 Å². The summed E-state index contributed by atoms with van der Waals surface area (Å²) in [5.74, 6) is -1.03. The van der Waals surface area contributed by atoms with Gasteiger partial charge in [-0.3, -0.25) is 24.2 Å². The van der Waals surface area contributed by atoms with Crippen LogP contribution < -0.4 is 15.8 Å². The predicted molar refractivity (Wildman–Crippen MR) is 147 cm³/mol. The second-order valence-corrected chi connectivity index (χ2v) is 11.2. The van der Waals surface area contributed by atoms with Gasteiger partial charge in [0, 0.05) is 59.7 Å². The quantitative estimate of drug-likeness (QED) is 0.282. The monoisotopic (exact) mass is 570 g/mol. The zero-order valence-electron chi connectivity index (χ0n) is 24.4. The summed E-state index contributed by atoms with van der Waals surface area (Å²) in [6.07, 6.45) is -0.418. The van der Waals surface area contributed by atoms with E-state index in [1.54, 1.807) is 27.9 Å². The molecule has 12 nitrogen and oxygen atoms in total.